The molecular formula is C30H34N4O6S2. The van der Waals surface area contributed by atoms with Crippen molar-refractivity contribution in [2.75, 3.05) is 52.1 Å². The Morgan fingerprint density at radius 1 is 0.976 bits per heavy atom. The van der Waals surface area contributed by atoms with Gasteiger partial charge in [0.05, 0.1) is 41.1 Å². The quantitative estimate of drug-likeness (QED) is 0.146. The van der Waals surface area contributed by atoms with Crippen molar-refractivity contribution in [3.05, 3.63) is 83.4 Å². The third-order valence-electron chi connectivity index (χ3n) is 6.25. The van der Waals surface area contributed by atoms with Crippen LogP contribution in [0.1, 0.15) is 28.4 Å². The fourth-order valence-electron chi connectivity index (χ4n) is 4.02. The molecule has 0 atom stereocenters. The summed E-state index contributed by atoms with van der Waals surface area (Å²) in [5.74, 6) is 0.287. The average molecular weight is 611 g/mol. The molecule has 4 rings (SSSR count). The highest BCUT2D eigenvalue weighted by atomic mass is 32.2. The number of carbonyl (C=O) groups excluding carboxylic acids is 1. The van der Waals surface area contributed by atoms with E-state index in [1.54, 1.807) is 6.21 Å². The lowest BCUT2D eigenvalue weighted by molar-refractivity contribution is 0.0987. The number of carbonyl (C=O) groups is 1. The molecule has 10 nitrogen and oxygen atoms in total. The zero-order chi connectivity index (χ0) is 30.1. The van der Waals surface area contributed by atoms with Crippen LogP contribution in [0.2, 0.25) is 0 Å². The number of hydrogen-bond donors (Lipinski definition) is 0. The highest BCUT2D eigenvalue weighted by molar-refractivity contribution is 7.89. The van der Waals surface area contributed by atoms with E-state index in [-0.39, 0.29) is 36.8 Å². The molecule has 0 aliphatic rings. The van der Waals surface area contributed by atoms with Crippen LogP contribution in [-0.4, -0.2) is 77.0 Å². The third kappa shape index (κ3) is 7.58. The minimum Gasteiger partial charge on any atom is -0.494 e. The smallest absolute Gasteiger partial charge is 0.280 e. The maximum atomic E-state index is 13.8. The third-order valence-corrected chi connectivity index (χ3v) is 9.15. The number of methoxy groups -OCH3 is 2. The van der Waals surface area contributed by atoms with E-state index in [4.69, 9.17) is 14.2 Å². The fourth-order valence-corrected chi connectivity index (χ4v) is 6.45. The Balaban J connectivity index is 1.65. The largest absolute Gasteiger partial charge is 0.494 e. The molecule has 3 aromatic carbocycles. The molecule has 42 heavy (non-hydrogen) atoms. The van der Waals surface area contributed by atoms with Crippen LogP contribution in [0, 0.1) is 6.92 Å². The number of hydrogen-bond acceptors (Lipinski definition) is 9. The molecule has 0 spiro atoms. The lowest BCUT2D eigenvalue weighted by atomic mass is 10.2. The number of hydrazone groups is 1. The standard InChI is InChI=1S/C30H34N4O6S2/c1-5-40-25-11-7-23(8-12-25)21-31-34(30-32-27-15-6-22(2)20-28(27)41-30)29(35)24-9-13-26(14-10-24)42(36,37)33(16-18-38-3)17-19-39-4/h6-15,20-21H,5,16-19H2,1-4H3/b31-21+. The molecule has 1 aromatic heterocycles. The number of benzene rings is 3. The predicted molar refractivity (Wildman–Crippen MR) is 165 cm³/mol. The highest BCUT2D eigenvalue weighted by Gasteiger charge is 2.26. The topological polar surface area (TPSA) is 111 Å². The van der Waals surface area contributed by atoms with Crippen molar-refractivity contribution >= 4 is 48.8 Å². The average Bonchev–Trinajstić information content (AvgIpc) is 3.41. The van der Waals surface area contributed by atoms with Gasteiger partial charge in [-0.05, 0) is 85.6 Å². The Hall–Kier alpha value is -3.68. The lowest BCUT2D eigenvalue weighted by Gasteiger charge is -2.21. The van der Waals surface area contributed by atoms with Gasteiger partial charge >= 0.3 is 0 Å². The summed E-state index contributed by atoms with van der Waals surface area (Å²) in [6, 6.07) is 19.0. The second kappa shape index (κ2) is 14.5. The Morgan fingerprint density at radius 2 is 1.64 bits per heavy atom. The van der Waals surface area contributed by atoms with Crippen LogP contribution in [0.4, 0.5) is 5.13 Å². The summed E-state index contributed by atoms with van der Waals surface area (Å²) < 4.78 is 44.5. The Bertz CT molecular complexity index is 1610. The molecule has 1 heterocycles. The fraction of sp³-hybridized carbons (Fsp3) is 0.300. The molecule has 12 heteroatoms. The van der Waals surface area contributed by atoms with Gasteiger partial charge in [0.25, 0.3) is 5.91 Å². The Kier molecular flexibility index (Phi) is 10.8. The first-order chi connectivity index (χ1) is 20.3. The molecule has 0 unspecified atom stereocenters. The number of anilines is 1. The van der Waals surface area contributed by atoms with Crippen LogP contribution >= 0.6 is 11.3 Å². The van der Waals surface area contributed by atoms with Gasteiger partial charge in [0.15, 0.2) is 0 Å². The number of rotatable bonds is 14. The van der Waals surface area contributed by atoms with Crippen molar-refractivity contribution in [3.63, 3.8) is 0 Å². The number of aromatic nitrogens is 1. The molecule has 0 fully saturated rings. The van der Waals surface area contributed by atoms with Gasteiger partial charge in [-0.3, -0.25) is 4.79 Å². The van der Waals surface area contributed by atoms with Crippen molar-refractivity contribution in [2.24, 2.45) is 5.10 Å². The van der Waals surface area contributed by atoms with E-state index in [2.05, 4.69) is 10.1 Å². The summed E-state index contributed by atoms with van der Waals surface area (Å²) in [5.41, 5.74) is 2.86. The summed E-state index contributed by atoms with van der Waals surface area (Å²) in [4.78, 5) is 18.5. The summed E-state index contributed by atoms with van der Waals surface area (Å²) in [6.45, 7) is 5.30. The minimum atomic E-state index is -3.84. The van der Waals surface area contributed by atoms with Crippen molar-refractivity contribution in [1.82, 2.24) is 9.29 Å². The van der Waals surface area contributed by atoms with E-state index in [1.165, 1.54) is 59.1 Å². The molecule has 0 N–H and O–H groups in total. The van der Waals surface area contributed by atoms with Crippen molar-refractivity contribution in [1.29, 1.82) is 0 Å². The zero-order valence-electron chi connectivity index (χ0n) is 24.0. The number of nitrogens with zero attached hydrogens (tertiary/aromatic N) is 4. The SMILES string of the molecule is CCOc1ccc(/C=N/N(C(=O)c2ccc(S(=O)(=O)N(CCOC)CCOC)cc2)c2nc3ccc(C)cc3s2)cc1. The second-order valence-electron chi connectivity index (χ2n) is 9.25. The first-order valence-electron chi connectivity index (χ1n) is 13.3. The van der Waals surface area contributed by atoms with Gasteiger partial charge in [0.2, 0.25) is 15.2 Å². The molecule has 0 aliphatic heterocycles. The number of ether oxygens (including phenoxy) is 3. The summed E-state index contributed by atoms with van der Waals surface area (Å²) in [6.07, 6.45) is 1.58. The number of fused-ring (bicyclic) bond motifs is 1. The van der Waals surface area contributed by atoms with E-state index in [0.29, 0.717) is 11.7 Å². The highest BCUT2D eigenvalue weighted by Crippen LogP contribution is 2.31. The zero-order valence-corrected chi connectivity index (χ0v) is 25.7. The van der Waals surface area contributed by atoms with Gasteiger partial charge in [-0.15, -0.1) is 0 Å². The first-order valence-corrected chi connectivity index (χ1v) is 15.6. The van der Waals surface area contributed by atoms with Crippen LogP contribution in [0.3, 0.4) is 0 Å². The summed E-state index contributed by atoms with van der Waals surface area (Å²) in [5, 5.41) is 6.15. The van der Waals surface area contributed by atoms with E-state index in [1.807, 2.05) is 56.3 Å². The maximum absolute atomic E-state index is 13.8. The number of amides is 1. The van der Waals surface area contributed by atoms with Crippen LogP contribution in [0.25, 0.3) is 10.2 Å². The van der Waals surface area contributed by atoms with Crippen molar-refractivity contribution in [3.8, 4) is 5.75 Å². The molecule has 0 bridgehead atoms. The van der Waals surface area contributed by atoms with Gasteiger partial charge in [0.1, 0.15) is 5.75 Å². The van der Waals surface area contributed by atoms with Crippen LogP contribution < -0.4 is 9.75 Å². The van der Waals surface area contributed by atoms with Crippen molar-refractivity contribution in [2.45, 2.75) is 18.7 Å². The normalized spacial score (nSPS) is 11.9. The molecule has 222 valence electrons. The molecule has 0 saturated heterocycles. The van der Waals surface area contributed by atoms with E-state index in [9.17, 15) is 13.2 Å². The van der Waals surface area contributed by atoms with E-state index >= 15 is 0 Å². The maximum Gasteiger partial charge on any atom is 0.280 e. The number of thiazole rings is 1. The summed E-state index contributed by atoms with van der Waals surface area (Å²) in [7, 11) is -0.813. The molecular weight excluding hydrogens is 576 g/mol. The molecule has 0 radical (unpaired) electrons. The van der Waals surface area contributed by atoms with Gasteiger partial charge < -0.3 is 14.2 Å². The molecule has 0 saturated carbocycles. The van der Waals surface area contributed by atoms with Crippen molar-refractivity contribution < 1.29 is 27.4 Å². The van der Waals surface area contributed by atoms with Crippen LogP contribution in [0.5, 0.6) is 5.75 Å². The number of aryl methyl sites for hydroxylation is 1. The molecule has 0 aliphatic carbocycles. The van der Waals surface area contributed by atoms with Gasteiger partial charge in [-0.25, -0.2) is 13.4 Å². The van der Waals surface area contributed by atoms with Crippen LogP contribution in [-0.2, 0) is 19.5 Å². The second-order valence-corrected chi connectivity index (χ2v) is 12.2. The summed E-state index contributed by atoms with van der Waals surface area (Å²) >= 11 is 1.35. The Labute approximate surface area is 250 Å². The first kappa shape index (κ1) is 31.3. The minimum absolute atomic E-state index is 0.0613. The monoisotopic (exact) mass is 610 g/mol. The number of sulfonamides is 1. The van der Waals surface area contributed by atoms with Gasteiger partial charge in [-0.1, -0.05) is 17.4 Å². The predicted octanol–water partition coefficient (Wildman–Crippen LogP) is 4.97. The van der Waals surface area contributed by atoms with E-state index in [0.717, 1.165) is 27.1 Å². The van der Waals surface area contributed by atoms with Crippen LogP contribution in [0.15, 0.2) is 76.7 Å². The Morgan fingerprint density at radius 3 is 2.26 bits per heavy atom. The lowest BCUT2D eigenvalue weighted by Crippen LogP contribution is -2.36. The van der Waals surface area contributed by atoms with Gasteiger partial charge in [-0.2, -0.15) is 14.4 Å². The van der Waals surface area contributed by atoms with E-state index < -0.39 is 15.9 Å². The van der Waals surface area contributed by atoms with Gasteiger partial charge in [0, 0.05) is 32.9 Å². The molecule has 1 amide bonds. The molecule has 4 aromatic rings.